The second-order valence-electron chi connectivity index (χ2n) is 15.8. The van der Waals surface area contributed by atoms with Crippen LogP contribution in [0.3, 0.4) is 0 Å². The average Bonchev–Trinajstić information content (AvgIpc) is 4.03. The van der Waals surface area contributed by atoms with Gasteiger partial charge in [-0.25, -0.2) is 9.97 Å². The van der Waals surface area contributed by atoms with Crippen LogP contribution >= 0.6 is 11.3 Å². The molecular formula is C55H35N5S. The van der Waals surface area contributed by atoms with Gasteiger partial charge in [-0.2, -0.15) is 0 Å². The standard InChI is InChI=1S/C55H35N5S/c1-3-13-36(14-4-1)52-51-45(26-23-38-33-49(61-54(38)51)35-28-30-56-31-29-35)57-55(58-52)60-47-27-24-37(32-44(47)42-25-22-34-12-7-8-17-41(34)53(42)60)40-19-11-21-48-50(40)43-18-9-10-20-46(43)59(48)39-15-5-2-6-16-39/h1-30,32-33,56H,31H2. The van der Waals surface area contributed by atoms with Crippen LogP contribution in [0, 0.1) is 0 Å². The molecule has 0 amide bonds. The quantitative estimate of drug-likeness (QED) is 0.189. The molecule has 0 fully saturated rings. The molecule has 0 radical (unpaired) electrons. The number of benzene rings is 8. The number of hydrogen-bond acceptors (Lipinski definition) is 4. The molecule has 6 heteroatoms. The van der Waals surface area contributed by atoms with Gasteiger partial charge in [0.1, 0.15) is 0 Å². The molecule has 1 N–H and O–H groups in total. The van der Waals surface area contributed by atoms with E-state index in [0.717, 1.165) is 56.2 Å². The van der Waals surface area contributed by atoms with E-state index in [9.17, 15) is 0 Å². The van der Waals surface area contributed by atoms with Crippen LogP contribution in [0.25, 0.3) is 115 Å². The molecule has 4 aromatic heterocycles. The molecule has 5 heterocycles. The lowest BCUT2D eigenvalue weighted by Gasteiger charge is -2.13. The fraction of sp³-hybridized carbons (Fsp3) is 0.0182. The molecule has 0 bridgehead atoms. The Kier molecular flexibility index (Phi) is 7.47. The van der Waals surface area contributed by atoms with Crippen molar-refractivity contribution in [3.05, 3.63) is 199 Å². The molecule has 5 nitrogen and oxygen atoms in total. The number of allylic oxidation sites excluding steroid dienone is 2. The molecule has 8 aromatic carbocycles. The predicted molar refractivity (Wildman–Crippen MR) is 257 cm³/mol. The zero-order chi connectivity index (χ0) is 40.0. The Morgan fingerprint density at radius 2 is 1.30 bits per heavy atom. The molecule has 0 unspecified atom stereocenters. The van der Waals surface area contributed by atoms with Crippen LogP contribution in [0.5, 0.6) is 0 Å². The zero-order valence-electron chi connectivity index (χ0n) is 32.9. The summed E-state index contributed by atoms with van der Waals surface area (Å²) in [5.74, 6) is 0.656. The van der Waals surface area contributed by atoms with E-state index in [1.54, 1.807) is 0 Å². The van der Waals surface area contributed by atoms with Gasteiger partial charge in [0.2, 0.25) is 5.95 Å². The summed E-state index contributed by atoms with van der Waals surface area (Å²) in [5.41, 5.74) is 12.2. The second kappa shape index (κ2) is 13.4. The Morgan fingerprint density at radius 3 is 2.16 bits per heavy atom. The highest BCUT2D eigenvalue weighted by atomic mass is 32.1. The molecule has 61 heavy (non-hydrogen) atoms. The maximum absolute atomic E-state index is 5.60. The lowest BCUT2D eigenvalue weighted by molar-refractivity contribution is 0.976. The highest BCUT2D eigenvalue weighted by Gasteiger charge is 2.23. The molecule has 286 valence electrons. The van der Waals surface area contributed by atoms with Crippen LogP contribution in [-0.4, -0.2) is 25.6 Å². The lowest BCUT2D eigenvalue weighted by atomic mass is 9.97. The van der Waals surface area contributed by atoms with Crippen molar-refractivity contribution in [2.24, 2.45) is 0 Å². The van der Waals surface area contributed by atoms with Crippen molar-refractivity contribution in [3.63, 3.8) is 0 Å². The minimum atomic E-state index is 0.656. The molecule has 13 rings (SSSR count). The van der Waals surface area contributed by atoms with E-state index in [1.165, 1.54) is 64.2 Å². The van der Waals surface area contributed by atoms with E-state index in [2.05, 4.69) is 203 Å². The van der Waals surface area contributed by atoms with Crippen LogP contribution in [-0.2, 0) is 0 Å². The van der Waals surface area contributed by atoms with E-state index >= 15 is 0 Å². The Bertz CT molecular complexity index is 3810. The molecule has 0 spiro atoms. The van der Waals surface area contributed by atoms with Crippen LogP contribution < -0.4 is 5.32 Å². The van der Waals surface area contributed by atoms with E-state index in [4.69, 9.17) is 9.97 Å². The fourth-order valence-electron chi connectivity index (χ4n) is 9.66. The topological polar surface area (TPSA) is 47.7 Å². The molecule has 0 saturated heterocycles. The van der Waals surface area contributed by atoms with Gasteiger partial charge in [0.15, 0.2) is 0 Å². The number of nitrogens with zero attached hydrogens (tertiary/aromatic N) is 4. The van der Waals surface area contributed by atoms with Gasteiger partial charge < -0.3 is 9.88 Å². The van der Waals surface area contributed by atoms with Gasteiger partial charge in [-0.05, 0) is 88.3 Å². The largest absolute Gasteiger partial charge is 0.387 e. The van der Waals surface area contributed by atoms with Gasteiger partial charge in [-0.1, -0.05) is 133 Å². The molecule has 0 aliphatic carbocycles. The van der Waals surface area contributed by atoms with Crippen molar-refractivity contribution >= 4 is 92.3 Å². The highest BCUT2D eigenvalue weighted by molar-refractivity contribution is 7.21. The fourth-order valence-corrected chi connectivity index (χ4v) is 10.9. The van der Waals surface area contributed by atoms with Gasteiger partial charge in [-0.15, -0.1) is 11.3 Å². The Labute approximate surface area is 354 Å². The van der Waals surface area contributed by atoms with Crippen molar-refractivity contribution < 1.29 is 0 Å². The van der Waals surface area contributed by atoms with Crippen molar-refractivity contribution in [1.29, 1.82) is 0 Å². The first-order valence-corrected chi connectivity index (χ1v) is 21.5. The van der Waals surface area contributed by atoms with Gasteiger partial charge in [0.05, 0.1) is 33.3 Å². The first-order chi connectivity index (χ1) is 30.3. The number of aromatic nitrogens is 4. The van der Waals surface area contributed by atoms with Crippen LogP contribution in [0.2, 0.25) is 0 Å². The maximum Gasteiger partial charge on any atom is 0.235 e. The molecule has 1 aliphatic rings. The number of rotatable bonds is 5. The number of para-hydroxylation sites is 2. The summed E-state index contributed by atoms with van der Waals surface area (Å²) in [6.45, 7) is 0.825. The number of dihydropyridines is 1. The normalized spacial score (nSPS) is 13.0. The van der Waals surface area contributed by atoms with Crippen molar-refractivity contribution in [2.75, 3.05) is 6.54 Å². The number of nitrogens with one attached hydrogen (secondary N) is 1. The second-order valence-corrected chi connectivity index (χ2v) is 16.8. The monoisotopic (exact) mass is 797 g/mol. The molecule has 1 aliphatic heterocycles. The molecule has 0 saturated carbocycles. The van der Waals surface area contributed by atoms with Gasteiger partial charge in [-0.3, -0.25) is 4.57 Å². The van der Waals surface area contributed by atoms with Crippen molar-refractivity contribution in [3.8, 4) is 34.0 Å². The predicted octanol–water partition coefficient (Wildman–Crippen LogP) is 14.0. The summed E-state index contributed by atoms with van der Waals surface area (Å²) in [6, 6.07) is 63.6. The van der Waals surface area contributed by atoms with E-state index in [1.807, 2.05) is 17.5 Å². The molecular weight excluding hydrogens is 763 g/mol. The first kappa shape index (κ1) is 34.1. The Balaban J connectivity index is 1.09. The molecule has 0 atom stereocenters. The van der Waals surface area contributed by atoms with Crippen molar-refractivity contribution in [1.82, 2.24) is 24.4 Å². The van der Waals surface area contributed by atoms with Crippen LogP contribution in [0.1, 0.15) is 4.88 Å². The van der Waals surface area contributed by atoms with E-state index in [-0.39, 0.29) is 0 Å². The number of thiophene rings is 1. The Hall–Kier alpha value is -7.80. The maximum atomic E-state index is 5.60. The third-order valence-electron chi connectivity index (χ3n) is 12.4. The lowest BCUT2D eigenvalue weighted by Crippen LogP contribution is -2.07. The summed E-state index contributed by atoms with van der Waals surface area (Å²) < 4.78 is 5.89. The zero-order valence-corrected chi connectivity index (χ0v) is 33.7. The number of hydrogen-bond donors (Lipinski definition) is 1. The van der Waals surface area contributed by atoms with Gasteiger partial charge >= 0.3 is 0 Å². The highest BCUT2D eigenvalue weighted by Crippen LogP contribution is 2.44. The smallest absolute Gasteiger partial charge is 0.235 e. The SMILES string of the molecule is C1=CC(c2cc3ccc4nc(-n5c6ccc(-c7cccc8c7c7ccccc7n8-c7ccccc7)cc6c6ccc7ccccc7c65)nc(-c5ccccc5)c4c3s2)=CCN1. The third kappa shape index (κ3) is 5.19. The summed E-state index contributed by atoms with van der Waals surface area (Å²) in [4.78, 5) is 12.3. The summed E-state index contributed by atoms with van der Waals surface area (Å²) in [7, 11) is 0. The van der Waals surface area contributed by atoms with Crippen LogP contribution in [0.15, 0.2) is 194 Å². The van der Waals surface area contributed by atoms with E-state index < -0.39 is 0 Å². The minimum Gasteiger partial charge on any atom is -0.387 e. The number of fused-ring (bicyclic) bond motifs is 11. The first-order valence-electron chi connectivity index (χ1n) is 20.7. The van der Waals surface area contributed by atoms with Gasteiger partial charge in [0.25, 0.3) is 0 Å². The Morgan fingerprint density at radius 1 is 0.525 bits per heavy atom. The summed E-state index contributed by atoms with van der Waals surface area (Å²) in [6.07, 6.45) is 6.44. The van der Waals surface area contributed by atoms with Crippen molar-refractivity contribution in [2.45, 2.75) is 0 Å². The van der Waals surface area contributed by atoms with E-state index in [0.29, 0.717) is 5.95 Å². The van der Waals surface area contributed by atoms with Crippen LogP contribution in [0.4, 0.5) is 0 Å². The summed E-state index contributed by atoms with van der Waals surface area (Å²) >= 11 is 1.82. The third-order valence-corrected chi connectivity index (χ3v) is 13.6. The minimum absolute atomic E-state index is 0.656. The molecule has 12 aromatic rings. The average molecular weight is 798 g/mol. The summed E-state index contributed by atoms with van der Waals surface area (Å²) in [5, 5.41) is 12.7. The van der Waals surface area contributed by atoms with Gasteiger partial charge in [0, 0.05) is 59.7 Å².